The van der Waals surface area contributed by atoms with E-state index in [4.69, 9.17) is 21.4 Å². The van der Waals surface area contributed by atoms with Crippen LogP contribution in [0.15, 0.2) is 85.7 Å². The van der Waals surface area contributed by atoms with Gasteiger partial charge in [-0.3, -0.25) is 4.79 Å². The molecular weight excluding hydrogens is 428 g/mol. The minimum absolute atomic E-state index is 0.0522. The van der Waals surface area contributed by atoms with Gasteiger partial charge in [0.1, 0.15) is 12.5 Å². The lowest BCUT2D eigenvalue weighted by Crippen LogP contribution is -2.51. The van der Waals surface area contributed by atoms with Crippen molar-refractivity contribution in [2.45, 2.75) is 6.04 Å². The first-order chi connectivity index (χ1) is 15.5. The Hall–Kier alpha value is -3.84. The number of rotatable bonds is 6. The Morgan fingerprint density at radius 1 is 1.19 bits per heavy atom. The van der Waals surface area contributed by atoms with E-state index in [2.05, 4.69) is 23.8 Å². The third-order valence-electron chi connectivity index (χ3n) is 5.08. The molecule has 8 heteroatoms. The minimum atomic E-state index is -0.855. The van der Waals surface area contributed by atoms with Gasteiger partial charge in [-0.25, -0.2) is 9.48 Å². The normalized spacial score (nSPS) is 17.9. The molecule has 1 saturated heterocycles. The molecule has 2 N–H and O–H groups in total. The van der Waals surface area contributed by atoms with Gasteiger partial charge < -0.3 is 15.4 Å². The molecule has 2 atom stereocenters. The molecule has 1 aromatic heterocycles. The maximum Gasteiger partial charge on any atom is 0.319 e. The molecule has 0 bridgehead atoms. The highest BCUT2D eigenvalue weighted by Crippen LogP contribution is 2.36. The quantitative estimate of drug-likeness (QED) is 0.432. The van der Waals surface area contributed by atoms with Crippen molar-refractivity contribution in [1.82, 2.24) is 20.4 Å². The number of carbonyl (C=O) groups is 2. The molecule has 0 radical (unpaired) electrons. The molecule has 0 unspecified atom stereocenters. The predicted molar refractivity (Wildman–Crippen MR) is 122 cm³/mol. The number of esters is 1. The van der Waals surface area contributed by atoms with E-state index in [-0.39, 0.29) is 12.3 Å². The minimum Gasteiger partial charge on any atom is -0.461 e. The summed E-state index contributed by atoms with van der Waals surface area (Å²) >= 11 is 6.07. The fourth-order valence-corrected chi connectivity index (χ4v) is 3.74. The Bertz CT molecular complexity index is 1170. The van der Waals surface area contributed by atoms with Gasteiger partial charge in [0.15, 0.2) is 0 Å². The summed E-state index contributed by atoms with van der Waals surface area (Å²) in [6.45, 7) is 7.51. The van der Waals surface area contributed by atoms with Gasteiger partial charge in [0.2, 0.25) is 0 Å². The van der Waals surface area contributed by atoms with Gasteiger partial charge in [0.25, 0.3) is 0 Å². The number of urea groups is 1. The van der Waals surface area contributed by atoms with Crippen LogP contribution < -0.4 is 10.6 Å². The van der Waals surface area contributed by atoms with Crippen LogP contribution in [0.4, 0.5) is 4.79 Å². The maximum atomic E-state index is 12.9. The van der Waals surface area contributed by atoms with Crippen LogP contribution in [-0.2, 0) is 9.53 Å². The number of nitrogens with one attached hydrogen (secondary N) is 2. The highest BCUT2D eigenvalue weighted by molar-refractivity contribution is 6.30. The van der Waals surface area contributed by atoms with Crippen LogP contribution in [-0.4, -0.2) is 28.4 Å². The fraction of sp³-hybridized carbons (Fsp3) is 0.125. The van der Waals surface area contributed by atoms with Crippen LogP contribution in [0.1, 0.15) is 11.6 Å². The van der Waals surface area contributed by atoms with Crippen molar-refractivity contribution in [1.29, 1.82) is 0 Å². The number of benzene rings is 2. The standard InChI is InChI=1S/C24H21ClN4O3/c1-3-13-32-23(30)20-15(2)26-24(31)27-22(20)19-14-29(18-7-5-4-6-8-18)28-21(19)16-9-11-17(25)12-10-16/h3-12,14,20,22H,1-2,13H2,(H2,26,27,31)/t20-,22+/m0/s1. The molecule has 0 spiro atoms. The van der Waals surface area contributed by atoms with E-state index in [1.807, 2.05) is 42.5 Å². The van der Waals surface area contributed by atoms with Gasteiger partial charge in [-0.1, -0.05) is 61.2 Å². The number of nitrogens with zero attached hydrogens (tertiary/aromatic N) is 2. The van der Waals surface area contributed by atoms with Gasteiger partial charge in [-0.2, -0.15) is 5.10 Å². The first kappa shape index (κ1) is 21.4. The smallest absolute Gasteiger partial charge is 0.319 e. The van der Waals surface area contributed by atoms with Crippen molar-refractivity contribution in [3.05, 3.63) is 96.3 Å². The third kappa shape index (κ3) is 4.29. The lowest BCUT2D eigenvalue weighted by molar-refractivity contribution is -0.147. The molecule has 32 heavy (non-hydrogen) atoms. The second-order valence-electron chi connectivity index (χ2n) is 7.22. The monoisotopic (exact) mass is 448 g/mol. The zero-order valence-corrected chi connectivity index (χ0v) is 17.9. The molecule has 0 aliphatic carbocycles. The summed E-state index contributed by atoms with van der Waals surface area (Å²) in [5.74, 6) is -1.38. The number of para-hydroxylation sites is 1. The summed E-state index contributed by atoms with van der Waals surface area (Å²) < 4.78 is 7.00. The first-order valence-corrected chi connectivity index (χ1v) is 10.3. The van der Waals surface area contributed by atoms with Crippen LogP contribution in [0.2, 0.25) is 5.02 Å². The molecule has 3 aromatic rings. The Morgan fingerprint density at radius 2 is 1.91 bits per heavy atom. The van der Waals surface area contributed by atoms with Crippen LogP contribution in [0.25, 0.3) is 16.9 Å². The molecule has 7 nitrogen and oxygen atoms in total. The second-order valence-corrected chi connectivity index (χ2v) is 7.65. The van der Waals surface area contributed by atoms with E-state index in [1.54, 1.807) is 23.0 Å². The number of hydrogen-bond acceptors (Lipinski definition) is 4. The van der Waals surface area contributed by atoms with E-state index in [9.17, 15) is 9.59 Å². The lowest BCUT2D eigenvalue weighted by atomic mass is 9.88. The summed E-state index contributed by atoms with van der Waals surface area (Å²) in [7, 11) is 0. The molecule has 162 valence electrons. The molecule has 2 aromatic carbocycles. The van der Waals surface area contributed by atoms with Gasteiger partial charge in [-0.05, 0) is 24.3 Å². The van der Waals surface area contributed by atoms with Crippen molar-refractivity contribution >= 4 is 23.6 Å². The zero-order chi connectivity index (χ0) is 22.7. The Kier molecular flexibility index (Phi) is 6.09. The molecular formula is C24H21ClN4O3. The molecule has 1 aliphatic heterocycles. The number of halogens is 1. The highest BCUT2D eigenvalue weighted by atomic mass is 35.5. The largest absolute Gasteiger partial charge is 0.461 e. The summed E-state index contributed by atoms with van der Waals surface area (Å²) in [5, 5.41) is 10.8. The number of ether oxygens (including phenoxy) is 1. The van der Waals surface area contributed by atoms with Crippen molar-refractivity contribution in [2.24, 2.45) is 5.92 Å². The molecule has 1 aliphatic rings. The number of hydrogen-bond donors (Lipinski definition) is 2. The zero-order valence-electron chi connectivity index (χ0n) is 17.1. The van der Waals surface area contributed by atoms with Crippen molar-refractivity contribution < 1.29 is 14.3 Å². The average Bonchev–Trinajstić information content (AvgIpc) is 3.23. The average molecular weight is 449 g/mol. The molecule has 2 heterocycles. The van der Waals surface area contributed by atoms with Crippen molar-refractivity contribution in [2.75, 3.05) is 6.61 Å². The van der Waals surface area contributed by atoms with Gasteiger partial charge in [0, 0.05) is 28.0 Å². The second kappa shape index (κ2) is 9.11. The summed E-state index contributed by atoms with van der Waals surface area (Å²) in [6.07, 6.45) is 3.29. The van der Waals surface area contributed by atoms with E-state index >= 15 is 0 Å². The van der Waals surface area contributed by atoms with Gasteiger partial charge in [-0.15, -0.1) is 0 Å². The van der Waals surface area contributed by atoms with Gasteiger partial charge in [0.05, 0.1) is 17.4 Å². The Balaban J connectivity index is 1.85. The lowest BCUT2D eigenvalue weighted by Gasteiger charge is -2.32. The van der Waals surface area contributed by atoms with Crippen LogP contribution in [0.5, 0.6) is 0 Å². The first-order valence-electron chi connectivity index (χ1n) is 9.92. The molecule has 4 rings (SSSR count). The molecule has 2 amide bonds. The molecule has 1 fully saturated rings. The van der Waals surface area contributed by atoms with Crippen molar-refractivity contribution in [3.8, 4) is 16.9 Å². The number of amides is 2. The Morgan fingerprint density at radius 3 is 2.59 bits per heavy atom. The fourth-order valence-electron chi connectivity index (χ4n) is 3.61. The maximum absolute atomic E-state index is 12.9. The van der Waals surface area contributed by atoms with Gasteiger partial charge >= 0.3 is 12.0 Å². The predicted octanol–water partition coefficient (Wildman–Crippen LogP) is 4.41. The van der Waals surface area contributed by atoms with E-state index in [1.165, 1.54) is 6.08 Å². The SMILES string of the molecule is C=CCOC(=O)[C@H]1C(=C)NC(=O)N[C@@H]1c1cn(-c2ccccc2)nc1-c1ccc(Cl)cc1. The van der Waals surface area contributed by atoms with Crippen molar-refractivity contribution in [3.63, 3.8) is 0 Å². The van der Waals surface area contributed by atoms with E-state index in [0.29, 0.717) is 16.3 Å². The topological polar surface area (TPSA) is 85.2 Å². The van der Waals surface area contributed by atoms with E-state index < -0.39 is 24.0 Å². The Labute approximate surface area is 190 Å². The third-order valence-corrected chi connectivity index (χ3v) is 5.33. The highest BCUT2D eigenvalue weighted by Gasteiger charge is 2.41. The molecule has 0 saturated carbocycles. The number of carbonyl (C=O) groups excluding carboxylic acids is 2. The summed E-state index contributed by atoms with van der Waals surface area (Å²) in [4.78, 5) is 25.2. The summed E-state index contributed by atoms with van der Waals surface area (Å²) in [6, 6.07) is 15.6. The van der Waals surface area contributed by atoms with E-state index in [0.717, 1.165) is 11.3 Å². The van der Waals surface area contributed by atoms with Crippen LogP contribution >= 0.6 is 11.6 Å². The van der Waals surface area contributed by atoms with Crippen LogP contribution in [0.3, 0.4) is 0 Å². The van der Waals surface area contributed by atoms with Crippen LogP contribution in [0, 0.1) is 5.92 Å². The summed E-state index contributed by atoms with van der Waals surface area (Å²) in [5.41, 5.74) is 3.12. The number of aromatic nitrogens is 2.